The van der Waals surface area contributed by atoms with E-state index in [1.165, 1.54) is 135 Å². The smallest absolute Gasteiger partial charge is 0.336 e. The number of esters is 1. The Hall–Kier alpha value is -1.63. The molecule has 0 bridgehead atoms. The highest BCUT2D eigenvalue weighted by Crippen LogP contribution is 2.22. The zero-order valence-electron chi connectivity index (χ0n) is 29.5. The quantitative estimate of drug-likeness (QED) is 0.0465. The zero-order chi connectivity index (χ0) is 33.4. The number of carbonyl (C=O) groups excluding carboxylic acids is 1. The van der Waals surface area contributed by atoms with Crippen molar-refractivity contribution in [3.05, 3.63) is 0 Å². The molecule has 7 heteroatoms. The van der Waals surface area contributed by atoms with E-state index < -0.39 is 36.4 Å². The van der Waals surface area contributed by atoms with Gasteiger partial charge in [-0.1, -0.05) is 174 Å². The minimum Gasteiger partial charge on any atom is -0.481 e. The second-order valence-electron chi connectivity index (χ2n) is 13.6. The molecule has 0 aliphatic carbocycles. The van der Waals surface area contributed by atoms with Crippen molar-refractivity contribution in [2.75, 3.05) is 0 Å². The molecule has 45 heavy (non-hydrogen) atoms. The summed E-state index contributed by atoms with van der Waals surface area (Å²) in [5.74, 6) is -4.04. The van der Waals surface area contributed by atoms with E-state index in [4.69, 9.17) is 9.84 Å². The molecule has 0 rings (SSSR count). The van der Waals surface area contributed by atoms with Crippen LogP contribution in [0.15, 0.2) is 0 Å². The largest absolute Gasteiger partial charge is 0.481 e. The number of hydrogen-bond donors (Lipinski definition) is 3. The molecule has 0 aromatic heterocycles. The number of hydrogen-bond acceptors (Lipinski definition) is 5. The molecule has 7 nitrogen and oxygen atoms in total. The fraction of sp³-hybridized carbons (Fsp3) is 0.921. The molecule has 0 amide bonds. The summed E-state index contributed by atoms with van der Waals surface area (Å²) in [6, 6.07) is 0. The second kappa shape index (κ2) is 31.0. The highest BCUT2D eigenvalue weighted by Gasteiger charge is 2.41. The van der Waals surface area contributed by atoms with Crippen LogP contribution in [-0.2, 0) is 19.1 Å². The van der Waals surface area contributed by atoms with Crippen LogP contribution in [-0.4, -0.2) is 44.9 Å². The van der Waals surface area contributed by atoms with E-state index in [-0.39, 0.29) is 6.10 Å². The fourth-order valence-electron chi connectivity index (χ4n) is 6.15. The molecular weight excluding hydrogens is 568 g/mol. The van der Waals surface area contributed by atoms with E-state index in [1.54, 1.807) is 0 Å². The molecule has 3 N–H and O–H groups in total. The average molecular weight is 641 g/mol. The maximum atomic E-state index is 12.6. The van der Waals surface area contributed by atoms with Crippen molar-refractivity contribution in [3.8, 4) is 0 Å². The van der Waals surface area contributed by atoms with E-state index in [0.717, 1.165) is 38.5 Å². The first kappa shape index (κ1) is 43.4. The maximum absolute atomic E-state index is 12.6. The standard InChI is InChI=1S/C38H72O7/c1-3-5-7-9-11-13-15-17-19-21-23-25-27-29-31-34(45-36(41)33-38(44,37(42)43)32-35(39)40)30-28-26-24-22-20-18-16-14-12-10-8-6-4-2/h34,44H,3-33H2,1-2H3,(H,39,40)(H,42,43). The van der Waals surface area contributed by atoms with Gasteiger partial charge in [0.1, 0.15) is 6.10 Å². The molecule has 0 aliphatic rings. The van der Waals surface area contributed by atoms with Crippen LogP contribution in [0.2, 0.25) is 0 Å². The topological polar surface area (TPSA) is 121 Å². The number of carboxylic acids is 2. The van der Waals surface area contributed by atoms with E-state index in [9.17, 15) is 24.6 Å². The maximum Gasteiger partial charge on any atom is 0.336 e. The van der Waals surface area contributed by atoms with Crippen molar-refractivity contribution in [1.82, 2.24) is 0 Å². The normalized spacial score (nSPS) is 13.4. The Morgan fingerprint density at radius 2 is 0.778 bits per heavy atom. The van der Waals surface area contributed by atoms with Gasteiger partial charge in [0.15, 0.2) is 5.60 Å². The number of aliphatic hydroxyl groups is 1. The van der Waals surface area contributed by atoms with Gasteiger partial charge in [-0.25, -0.2) is 4.79 Å². The van der Waals surface area contributed by atoms with Crippen molar-refractivity contribution in [1.29, 1.82) is 0 Å². The number of ether oxygens (including phenoxy) is 1. The third-order valence-corrected chi connectivity index (χ3v) is 9.09. The lowest BCUT2D eigenvalue weighted by Gasteiger charge is -2.23. The first-order valence-electron chi connectivity index (χ1n) is 19.1. The Morgan fingerprint density at radius 1 is 0.489 bits per heavy atom. The minimum absolute atomic E-state index is 0.328. The molecule has 0 heterocycles. The zero-order valence-corrected chi connectivity index (χ0v) is 29.5. The number of carbonyl (C=O) groups is 3. The summed E-state index contributed by atoms with van der Waals surface area (Å²) in [7, 11) is 0. The summed E-state index contributed by atoms with van der Waals surface area (Å²) >= 11 is 0. The number of rotatable bonds is 35. The first-order chi connectivity index (χ1) is 21.7. The molecule has 0 aromatic rings. The van der Waals surface area contributed by atoms with Crippen molar-refractivity contribution in [3.63, 3.8) is 0 Å². The van der Waals surface area contributed by atoms with Crippen LogP contribution >= 0.6 is 0 Å². The van der Waals surface area contributed by atoms with E-state index in [2.05, 4.69) is 13.8 Å². The first-order valence-corrected chi connectivity index (χ1v) is 19.1. The van der Waals surface area contributed by atoms with Gasteiger partial charge < -0.3 is 20.1 Å². The molecule has 0 aromatic carbocycles. The Bertz CT molecular complexity index is 710. The summed E-state index contributed by atoms with van der Waals surface area (Å²) in [6.07, 6.45) is 33.4. The monoisotopic (exact) mass is 641 g/mol. The van der Waals surface area contributed by atoms with Crippen LogP contribution in [0.1, 0.15) is 213 Å². The summed E-state index contributed by atoms with van der Waals surface area (Å²) in [5.41, 5.74) is -2.65. The Balaban J connectivity index is 4.33. The molecule has 0 aliphatic heterocycles. The van der Waals surface area contributed by atoms with Crippen molar-refractivity contribution >= 4 is 17.9 Å². The fourth-order valence-corrected chi connectivity index (χ4v) is 6.15. The molecule has 266 valence electrons. The summed E-state index contributed by atoms with van der Waals surface area (Å²) in [6.45, 7) is 4.51. The number of carboxylic acid groups (broad SMARTS) is 2. The molecular formula is C38H72O7. The van der Waals surface area contributed by atoms with E-state index in [0.29, 0.717) is 12.8 Å². The lowest BCUT2D eigenvalue weighted by atomic mass is 9.95. The van der Waals surface area contributed by atoms with Crippen LogP contribution in [0.25, 0.3) is 0 Å². The highest BCUT2D eigenvalue weighted by molar-refractivity contribution is 5.88. The van der Waals surface area contributed by atoms with Gasteiger partial charge in [0.2, 0.25) is 0 Å². The second-order valence-corrected chi connectivity index (χ2v) is 13.6. The van der Waals surface area contributed by atoms with Gasteiger partial charge in [-0.15, -0.1) is 0 Å². The lowest BCUT2D eigenvalue weighted by molar-refractivity contribution is -0.173. The van der Waals surface area contributed by atoms with Crippen LogP contribution in [0.3, 0.4) is 0 Å². The molecule has 0 radical (unpaired) electrons. The van der Waals surface area contributed by atoms with Crippen molar-refractivity contribution in [2.24, 2.45) is 0 Å². The molecule has 0 fully saturated rings. The van der Waals surface area contributed by atoms with Crippen molar-refractivity contribution in [2.45, 2.75) is 225 Å². The number of unbranched alkanes of at least 4 members (excludes halogenated alkanes) is 25. The SMILES string of the molecule is CCCCCCCCCCCCCCCCC(CCCCCCCCCCCCCCC)OC(=O)CC(O)(CC(=O)O)C(=O)O. The Labute approximate surface area is 276 Å². The van der Waals surface area contributed by atoms with E-state index in [1.807, 2.05) is 0 Å². The van der Waals surface area contributed by atoms with Gasteiger partial charge in [-0.05, 0) is 25.7 Å². The van der Waals surface area contributed by atoms with Crippen LogP contribution in [0.5, 0.6) is 0 Å². The third-order valence-electron chi connectivity index (χ3n) is 9.09. The molecule has 2 atom stereocenters. The Kier molecular flexibility index (Phi) is 29.9. The predicted octanol–water partition coefficient (Wildman–Crippen LogP) is 10.9. The van der Waals surface area contributed by atoms with Crippen LogP contribution in [0, 0.1) is 0 Å². The molecule has 0 spiro atoms. The van der Waals surface area contributed by atoms with Crippen LogP contribution < -0.4 is 0 Å². The summed E-state index contributed by atoms with van der Waals surface area (Å²) in [4.78, 5) is 35.1. The highest BCUT2D eigenvalue weighted by atomic mass is 16.5. The minimum atomic E-state index is -2.65. The summed E-state index contributed by atoms with van der Waals surface area (Å²) < 4.78 is 5.64. The predicted molar refractivity (Wildman–Crippen MR) is 185 cm³/mol. The summed E-state index contributed by atoms with van der Waals surface area (Å²) in [5, 5.41) is 28.6. The van der Waals surface area contributed by atoms with E-state index >= 15 is 0 Å². The number of aliphatic carboxylic acids is 2. The molecule has 0 saturated heterocycles. The van der Waals surface area contributed by atoms with Gasteiger partial charge in [0, 0.05) is 0 Å². The van der Waals surface area contributed by atoms with Gasteiger partial charge in [-0.3, -0.25) is 9.59 Å². The van der Waals surface area contributed by atoms with Gasteiger partial charge in [0.25, 0.3) is 0 Å². The Morgan fingerprint density at radius 3 is 1.04 bits per heavy atom. The van der Waals surface area contributed by atoms with Gasteiger partial charge in [0.05, 0.1) is 12.8 Å². The molecule has 2 unspecified atom stereocenters. The lowest BCUT2D eigenvalue weighted by Crippen LogP contribution is -2.43. The van der Waals surface area contributed by atoms with Crippen molar-refractivity contribution < 1.29 is 34.4 Å². The van der Waals surface area contributed by atoms with Gasteiger partial charge >= 0.3 is 17.9 Å². The molecule has 0 saturated carbocycles. The van der Waals surface area contributed by atoms with Gasteiger partial charge in [-0.2, -0.15) is 0 Å². The third kappa shape index (κ3) is 28.3. The average Bonchev–Trinajstić information content (AvgIpc) is 2.98. The van der Waals surface area contributed by atoms with Crippen LogP contribution in [0.4, 0.5) is 0 Å².